The second kappa shape index (κ2) is 8.67. The third-order valence-electron chi connectivity index (χ3n) is 5.00. The fourth-order valence-electron chi connectivity index (χ4n) is 3.65. The van der Waals surface area contributed by atoms with E-state index in [1.165, 1.54) is 17.6 Å². The molecule has 1 aliphatic heterocycles. The molecular formula is C21H25NO4S. The summed E-state index contributed by atoms with van der Waals surface area (Å²) < 4.78 is 16.1. The van der Waals surface area contributed by atoms with E-state index in [0.29, 0.717) is 17.1 Å². The van der Waals surface area contributed by atoms with Gasteiger partial charge in [0.25, 0.3) is 0 Å². The Balaban J connectivity index is 2.21. The molecule has 6 heteroatoms. The molecule has 1 aliphatic rings. The number of carbonyl (C=O) groups excluding carboxylic acids is 1. The topological polar surface area (TPSA) is 56.8 Å². The highest BCUT2D eigenvalue weighted by atomic mass is 32.2. The highest BCUT2D eigenvalue weighted by Crippen LogP contribution is 2.41. The van der Waals surface area contributed by atoms with Crippen LogP contribution in [0.4, 0.5) is 0 Å². The summed E-state index contributed by atoms with van der Waals surface area (Å²) >= 11 is 1.72. The zero-order valence-corrected chi connectivity index (χ0v) is 16.9. The number of hydrogen-bond donors (Lipinski definition) is 1. The van der Waals surface area contributed by atoms with Gasteiger partial charge < -0.3 is 19.5 Å². The molecule has 0 amide bonds. The van der Waals surface area contributed by atoms with Crippen LogP contribution in [0, 0.1) is 0 Å². The van der Waals surface area contributed by atoms with E-state index in [2.05, 4.69) is 35.8 Å². The standard InChI is InChI=1S/C21H25NO4S/c1-24-18-11-16-15(19(20(18)25-2)21(23)26-3)9-10-22-12-17(16)13-5-7-14(27-4)8-6-13/h5-8,11,17,22H,9-10,12H2,1-4H3. The molecule has 0 spiro atoms. The zero-order valence-electron chi connectivity index (χ0n) is 16.1. The summed E-state index contributed by atoms with van der Waals surface area (Å²) in [5.41, 5.74) is 3.70. The molecule has 1 atom stereocenters. The molecule has 27 heavy (non-hydrogen) atoms. The third-order valence-corrected chi connectivity index (χ3v) is 5.74. The van der Waals surface area contributed by atoms with Crippen molar-refractivity contribution < 1.29 is 19.0 Å². The van der Waals surface area contributed by atoms with E-state index in [1.807, 2.05) is 6.07 Å². The van der Waals surface area contributed by atoms with Crippen LogP contribution in [0.5, 0.6) is 11.5 Å². The van der Waals surface area contributed by atoms with Crippen molar-refractivity contribution in [1.29, 1.82) is 0 Å². The van der Waals surface area contributed by atoms with Gasteiger partial charge in [-0.3, -0.25) is 0 Å². The van der Waals surface area contributed by atoms with Gasteiger partial charge >= 0.3 is 5.97 Å². The van der Waals surface area contributed by atoms with Crippen LogP contribution in [0.2, 0.25) is 0 Å². The molecule has 0 saturated heterocycles. The molecule has 2 aromatic rings. The molecule has 0 fully saturated rings. The minimum Gasteiger partial charge on any atom is -0.493 e. The van der Waals surface area contributed by atoms with Gasteiger partial charge in [-0.15, -0.1) is 11.8 Å². The Morgan fingerprint density at radius 1 is 1.15 bits per heavy atom. The smallest absolute Gasteiger partial charge is 0.342 e. The van der Waals surface area contributed by atoms with Crippen molar-refractivity contribution in [3.05, 3.63) is 52.6 Å². The minimum absolute atomic E-state index is 0.113. The number of nitrogens with one attached hydrogen (secondary N) is 1. The molecule has 0 aliphatic carbocycles. The molecule has 144 valence electrons. The lowest BCUT2D eigenvalue weighted by molar-refractivity contribution is 0.0595. The van der Waals surface area contributed by atoms with Crippen molar-refractivity contribution in [1.82, 2.24) is 5.32 Å². The Kier molecular flexibility index (Phi) is 6.29. The highest BCUT2D eigenvalue weighted by molar-refractivity contribution is 7.98. The van der Waals surface area contributed by atoms with Gasteiger partial charge in [0.05, 0.1) is 21.3 Å². The average Bonchev–Trinajstić information content (AvgIpc) is 2.93. The molecule has 3 rings (SSSR count). The summed E-state index contributed by atoms with van der Waals surface area (Å²) in [5.74, 6) is 0.688. The number of thioether (sulfide) groups is 1. The van der Waals surface area contributed by atoms with E-state index < -0.39 is 5.97 Å². The SMILES string of the molecule is COC(=O)c1c2c(cc(OC)c1OC)C(c1ccc(SC)cc1)CNCC2. The Labute approximate surface area is 164 Å². The van der Waals surface area contributed by atoms with Crippen molar-refractivity contribution in [2.75, 3.05) is 40.7 Å². The Morgan fingerprint density at radius 2 is 1.89 bits per heavy atom. The Bertz CT molecular complexity index is 820. The maximum Gasteiger partial charge on any atom is 0.342 e. The number of rotatable bonds is 5. The molecule has 0 saturated carbocycles. The first-order chi connectivity index (χ1) is 13.1. The minimum atomic E-state index is -0.402. The van der Waals surface area contributed by atoms with Crippen LogP contribution in [0.15, 0.2) is 35.2 Å². The van der Waals surface area contributed by atoms with Crippen LogP contribution in [-0.2, 0) is 11.2 Å². The molecule has 1 heterocycles. The van der Waals surface area contributed by atoms with E-state index in [0.717, 1.165) is 30.6 Å². The second-order valence-electron chi connectivity index (χ2n) is 6.33. The first-order valence-electron chi connectivity index (χ1n) is 8.85. The van der Waals surface area contributed by atoms with Crippen LogP contribution in [-0.4, -0.2) is 46.6 Å². The van der Waals surface area contributed by atoms with Gasteiger partial charge in [0, 0.05) is 17.4 Å². The molecule has 5 nitrogen and oxygen atoms in total. The fourth-order valence-corrected chi connectivity index (χ4v) is 4.06. The Hall–Kier alpha value is -2.18. The maximum absolute atomic E-state index is 12.6. The number of hydrogen-bond acceptors (Lipinski definition) is 6. The van der Waals surface area contributed by atoms with E-state index in [-0.39, 0.29) is 5.92 Å². The van der Waals surface area contributed by atoms with E-state index >= 15 is 0 Å². The molecule has 0 aromatic heterocycles. The van der Waals surface area contributed by atoms with Crippen LogP contribution >= 0.6 is 11.8 Å². The van der Waals surface area contributed by atoms with Gasteiger partial charge in [-0.05, 0) is 54.1 Å². The molecule has 1 unspecified atom stereocenters. The molecule has 1 N–H and O–H groups in total. The Morgan fingerprint density at radius 3 is 2.48 bits per heavy atom. The highest BCUT2D eigenvalue weighted by Gasteiger charge is 2.30. The average molecular weight is 388 g/mol. The van der Waals surface area contributed by atoms with Gasteiger partial charge in [-0.1, -0.05) is 12.1 Å². The van der Waals surface area contributed by atoms with Crippen molar-refractivity contribution in [2.24, 2.45) is 0 Å². The van der Waals surface area contributed by atoms with Crippen LogP contribution < -0.4 is 14.8 Å². The monoisotopic (exact) mass is 387 g/mol. The number of esters is 1. The van der Waals surface area contributed by atoms with Gasteiger partial charge in [-0.25, -0.2) is 4.79 Å². The molecular weight excluding hydrogens is 362 g/mol. The van der Waals surface area contributed by atoms with Gasteiger partial charge in [0.1, 0.15) is 5.56 Å². The predicted molar refractivity (Wildman–Crippen MR) is 108 cm³/mol. The van der Waals surface area contributed by atoms with Crippen molar-refractivity contribution in [3.63, 3.8) is 0 Å². The largest absolute Gasteiger partial charge is 0.493 e. The van der Waals surface area contributed by atoms with Crippen LogP contribution in [0.1, 0.15) is 33.0 Å². The van der Waals surface area contributed by atoms with E-state index in [1.54, 1.807) is 26.0 Å². The number of fused-ring (bicyclic) bond motifs is 1. The first-order valence-corrected chi connectivity index (χ1v) is 10.1. The number of methoxy groups -OCH3 is 3. The number of benzene rings is 2. The number of carbonyl (C=O) groups is 1. The van der Waals surface area contributed by atoms with E-state index in [4.69, 9.17) is 14.2 Å². The van der Waals surface area contributed by atoms with Crippen molar-refractivity contribution >= 4 is 17.7 Å². The van der Waals surface area contributed by atoms with Crippen molar-refractivity contribution in [2.45, 2.75) is 17.2 Å². The van der Waals surface area contributed by atoms with Crippen LogP contribution in [0.3, 0.4) is 0 Å². The van der Waals surface area contributed by atoms with E-state index in [9.17, 15) is 4.79 Å². The second-order valence-corrected chi connectivity index (χ2v) is 7.21. The predicted octanol–water partition coefficient (Wildman–Crippen LogP) is 3.49. The summed E-state index contributed by atoms with van der Waals surface area (Å²) in [6.07, 6.45) is 2.79. The fraction of sp³-hybridized carbons (Fsp3) is 0.381. The van der Waals surface area contributed by atoms with Crippen molar-refractivity contribution in [3.8, 4) is 11.5 Å². The maximum atomic E-state index is 12.6. The summed E-state index contributed by atoms with van der Waals surface area (Å²) in [6.45, 7) is 1.58. The first kappa shape index (κ1) is 19.6. The molecule has 2 aromatic carbocycles. The normalized spacial score (nSPS) is 16.2. The summed E-state index contributed by atoms with van der Waals surface area (Å²) in [5, 5.41) is 3.49. The van der Waals surface area contributed by atoms with Gasteiger partial charge in [0.15, 0.2) is 11.5 Å². The van der Waals surface area contributed by atoms with Gasteiger partial charge in [-0.2, -0.15) is 0 Å². The lowest BCUT2D eigenvalue weighted by Crippen LogP contribution is -2.20. The number of ether oxygens (including phenoxy) is 3. The summed E-state index contributed by atoms with van der Waals surface area (Å²) in [4.78, 5) is 13.8. The quantitative estimate of drug-likeness (QED) is 0.626. The molecule has 0 radical (unpaired) electrons. The summed E-state index contributed by atoms with van der Waals surface area (Å²) in [7, 11) is 4.52. The lowest BCUT2D eigenvalue weighted by atomic mass is 9.85. The molecule has 0 bridgehead atoms. The zero-order chi connectivity index (χ0) is 19.4. The summed E-state index contributed by atoms with van der Waals surface area (Å²) in [6, 6.07) is 10.6. The third kappa shape index (κ3) is 3.77. The lowest BCUT2D eigenvalue weighted by Gasteiger charge is -2.23. The van der Waals surface area contributed by atoms with Crippen LogP contribution in [0.25, 0.3) is 0 Å². The van der Waals surface area contributed by atoms with Gasteiger partial charge in [0.2, 0.25) is 0 Å².